The molecular weight excluding hydrogens is 459 g/mol. The Morgan fingerprint density at radius 2 is 1.88 bits per heavy atom. The lowest BCUT2D eigenvalue weighted by atomic mass is 9.78. The molecule has 1 aliphatic rings. The molecule has 0 amide bonds. The summed E-state index contributed by atoms with van der Waals surface area (Å²) >= 11 is 1.02. The average molecular weight is 488 g/mol. The number of rotatable bonds is 6. The number of fused-ring (bicyclic) bond motifs is 1. The van der Waals surface area contributed by atoms with Crippen LogP contribution in [0.5, 0.6) is 0 Å². The predicted molar refractivity (Wildman–Crippen MR) is 122 cm³/mol. The van der Waals surface area contributed by atoms with Crippen molar-refractivity contribution in [1.29, 1.82) is 0 Å². The van der Waals surface area contributed by atoms with Crippen LogP contribution in [0.1, 0.15) is 63.8 Å². The van der Waals surface area contributed by atoms with Gasteiger partial charge in [-0.15, -0.1) is 11.3 Å². The van der Waals surface area contributed by atoms with Crippen molar-refractivity contribution in [2.45, 2.75) is 84.2 Å². The normalized spacial score (nSPS) is 16.4. The summed E-state index contributed by atoms with van der Waals surface area (Å²) in [6.45, 7) is 7.83. The molecule has 0 saturated heterocycles. The molecule has 2 aromatic rings. The monoisotopic (exact) mass is 487 g/mol. The van der Waals surface area contributed by atoms with Gasteiger partial charge in [0, 0.05) is 18.3 Å². The van der Waals surface area contributed by atoms with Crippen molar-refractivity contribution in [3.8, 4) is 0 Å². The van der Waals surface area contributed by atoms with Gasteiger partial charge in [0.1, 0.15) is 17.0 Å². The van der Waals surface area contributed by atoms with Gasteiger partial charge in [-0.2, -0.15) is 13.2 Å². The highest BCUT2D eigenvalue weighted by molar-refractivity contribution is 7.20. The molecule has 0 unspecified atom stereocenters. The summed E-state index contributed by atoms with van der Waals surface area (Å²) in [4.78, 5) is 43.2. The number of alkyl halides is 3. The minimum absolute atomic E-state index is 0.185. The van der Waals surface area contributed by atoms with Gasteiger partial charge in [-0.1, -0.05) is 0 Å². The van der Waals surface area contributed by atoms with Crippen LogP contribution in [0.4, 0.5) is 13.2 Å². The molecule has 0 radical (unpaired) electrons. The first-order valence-electron chi connectivity index (χ1n) is 10.7. The smallest absolute Gasteiger partial charge is 0.390 e. The van der Waals surface area contributed by atoms with E-state index in [1.807, 2.05) is 0 Å². The van der Waals surface area contributed by atoms with E-state index in [4.69, 9.17) is 4.74 Å². The number of nitrogens with zero attached hydrogens (tertiary/aromatic N) is 3. The summed E-state index contributed by atoms with van der Waals surface area (Å²) in [6, 6.07) is 0. The molecule has 33 heavy (non-hydrogen) atoms. The van der Waals surface area contributed by atoms with Crippen molar-refractivity contribution in [1.82, 2.24) is 9.13 Å². The highest BCUT2D eigenvalue weighted by Gasteiger charge is 2.38. The third-order valence-corrected chi connectivity index (χ3v) is 6.94. The van der Waals surface area contributed by atoms with Gasteiger partial charge in [0.05, 0.1) is 16.7 Å². The summed E-state index contributed by atoms with van der Waals surface area (Å²) in [5.41, 5.74) is -2.07. The second-order valence-electron chi connectivity index (χ2n) is 9.62. The van der Waals surface area contributed by atoms with E-state index in [0.29, 0.717) is 23.3 Å². The van der Waals surface area contributed by atoms with Crippen LogP contribution in [0.15, 0.2) is 14.6 Å². The average Bonchev–Trinajstić information content (AvgIpc) is 2.94. The Morgan fingerprint density at radius 3 is 2.39 bits per heavy atom. The van der Waals surface area contributed by atoms with Crippen LogP contribution in [-0.2, 0) is 21.6 Å². The first kappa shape index (κ1) is 25.2. The number of halogens is 3. The fourth-order valence-electron chi connectivity index (χ4n) is 3.89. The summed E-state index contributed by atoms with van der Waals surface area (Å²) in [5.74, 6) is -0.528. The summed E-state index contributed by atoms with van der Waals surface area (Å²) in [6.07, 6.45) is -2.17. The Bertz CT molecular complexity index is 1210. The Labute approximate surface area is 192 Å². The number of aryl methyl sites for hydroxylation is 2. The largest absolute Gasteiger partial charge is 0.459 e. The third kappa shape index (κ3) is 5.39. The molecule has 182 valence electrons. The predicted octanol–water partition coefficient (Wildman–Crippen LogP) is 4.15. The second-order valence-corrected chi connectivity index (χ2v) is 10.6. The molecule has 0 aromatic carbocycles. The van der Waals surface area contributed by atoms with Gasteiger partial charge < -0.3 is 4.74 Å². The summed E-state index contributed by atoms with van der Waals surface area (Å²) < 4.78 is 46.3. The lowest BCUT2D eigenvalue weighted by molar-refractivity contribution is -0.152. The highest BCUT2D eigenvalue weighted by atomic mass is 32.1. The number of esters is 1. The summed E-state index contributed by atoms with van der Waals surface area (Å²) in [7, 11) is 0. The van der Waals surface area contributed by atoms with E-state index in [-0.39, 0.29) is 16.8 Å². The van der Waals surface area contributed by atoms with Gasteiger partial charge in [-0.25, -0.2) is 4.79 Å². The molecule has 11 heteroatoms. The van der Waals surface area contributed by atoms with E-state index < -0.39 is 47.5 Å². The zero-order valence-corrected chi connectivity index (χ0v) is 20.2. The van der Waals surface area contributed by atoms with Gasteiger partial charge in [-0.05, 0) is 59.4 Å². The number of carbonyl (C=O) groups is 1. The van der Waals surface area contributed by atoms with Crippen LogP contribution < -0.4 is 11.2 Å². The number of ether oxygens (including phenoxy) is 1. The standard InChI is InChI=1S/C22H28F3N3O4S/c1-13-14(11-26-12-15(29)32-20(2,3)4)33-18-16(13)17(30)28(21(5)7-6-8-21)19(31)27(18)10-9-22(23,24)25/h11H,6-10,12H2,1-5H3. The quantitative estimate of drug-likeness (QED) is 0.453. The van der Waals surface area contributed by atoms with E-state index in [1.165, 1.54) is 6.21 Å². The molecule has 0 bridgehead atoms. The SMILES string of the molecule is Cc1c(C=NCC(=O)OC(C)(C)C)sc2c1c(=O)n(C1(C)CCC1)c(=O)n2CCC(F)(F)F. The molecule has 0 N–H and O–H groups in total. The Morgan fingerprint density at radius 1 is 1.24 bits per heavy atom. The fourth-order valence-corrected chi connectivity index (χ4v) is 5.10. The molecule has 2 heterocycles. The molecule has 0 aliphatic heterocycles. The molecule has 2 aromatic heterocycles. The molecule has 1 saturated carbocycles. The number of thiophene rings is 1. The van der Waals surface area contributed by atoms with Crippen molar-refractivity contribution in [2.24, 2.45) is 4.99 Å². The molecule has 0 spiro atoms. The number of hydrogen-bond acceptors (Lipinski definition) is 6. The minimum Gasteiger partial charge on any atom is -0.459 e. The number of carbonyl (C=O) groups excluding carboxylic acids is 1. The maximum absolute atomic E-state index is 13.3. The van der Waals surface area contributed by atoms with E-state index in [2.05, 4.69) is 4.99 Å². The van der Waals surface area contributed by atoms with Crippen LogP contribution in [0.2, 0.25) is 0 Å². The van der Waals surface area contributed by atoms with E-state index >= 15 is 0 Å². The Kier molecular flexibility index (Phi) is 6.67. The maximum Gasteiger partial charge on any atom is 0.390 e. The molecule has 0 atom stereocenters. The highest BCUT2D eigenvalue weighted by Crippen LogP contribution is 2.37. The fraction of sp³-hybridized carbons (Fsp3) is 0.636. The first-order chi connectivity index (χ1) is 15.1. The zero-order valence-electron chi connectivity index (χ0n) is 19.3. The second kappa shape index (κ2) is 8.73. The van der Waals surface area contributed by atoms with Gasteiger partial charge in [-0.3, -0.25) is 23.7 Å². The maximum atomic E-state index is 13.3. The topological polar surface area (TPSA) is 82.7 Å². The summed E-state index contributed by atoms with van der Waals surface area (Å²) in [5, 5.41) is 0.216. The minimum atomic E-state index is -4.45. The van der Waals surface area contributed by atoms with Crippen LogP contribution >= 0.6 is 11.3 Å². The molecular formula is C22H28F3N3O4S. The lowest BCUT2D eigenvalue weighted by Gasteiger charge is -2.39. The Hall–Kier alpha value is -2.43. The number of aromatic nitrogens is 2. The molecule has 1 aliphatic carbocycles. The Balaban J connectivity index is 2.09. The van der Waals surface area contributed by atoms with Crippen LogP contribution in [0.3, 0.4) is 0 Å². The zero-order chi connectivity index (χ0) is 24.8. The lowest BCUT2D eigenvalue weighted by Crippen LogP contribution is -2.53. The van der Waals surface area contributed by atoms with E-state index in [9.17, 15) is 27.6 Å². The number of aliphatic imine (C=N–C) groups is 1. The van der Waals surface area contributed by atoms with Crippen molar-refractivity contribution in [2.75, 3.05) is 6.54 Å². The molecule has 7 nitrogen and oxygen atoms in total. The van der Waals surface area contributed by atoms with Crippen molar-refractivity contribution < 1.29 is 22.7 Å². The van der Waals surface area contributed by atoms with Gasteiger partial charge in [0.2, 0.25) is 0 Å². The van der Waals surface area contributed by atoms with Gasteiger partial charge in [0.15, 0.2) is 0 Å². The molecule has 1 fully saturated rings. The van der Waals surface area contributed by atoms with Gasteiger partial charge >= 0.3 is 17.8 Å². The van der Waals surface area contributed by atoms with Crippen molar-refractivity contribution in [3.63, 3.8) is 0 Å². The van der Waals surface area contributed by atoms with Crippen LogP contribution in [0.25, 0.3) is 10.2 Å². The first-order valence-corrected chi connectivity index (χ1v) is 11.5. The number of hydrogen-bond donors (Lipinski definition) is 0. The third-order valence-electron chi connectivity index (χ3n) is 5.69. The van der Waals surface area contributed by atoms with Crippen molar-refractivity contribution >= 4 is 33.7 Å². The van der Waals surface area contributed by atoms with Crippen LogP contribution in [0, 0.1) is 6.92 Å². The van der Waals surface area contributed by atoms with Crippen LogP contribution in [-0.4, -0.2) is 39.6 Å². The molecule has 3 rings (SSSR count). The van der Waals surface area contributed by atoms with Crippen molar-refractivity contribution in [3.05, 3.63) is 31.3 Å². The van der Waals surface area contributed by atoms with E-state index in [1.54, 1.807) is 34.6 Å². The van der Waals surface area contributed by atoms with E-state index in [0.717, 1.165) is 26.9 Å². The van der Waals surface area contributed by atoms with Gasteiger partial charge in [0.25, 0.3) is 5.56 Å².